The lowest BCUT2D eigenvalue weighted by Crippen LogP contribution is -2.39. The number of benzene rings is 2. The molecule has 0 aliphatic carbocycles. The summed E-state index contributed by atoms with van der Waals surface area (Å²) < 4.78 is 40.7. The predicted octanol–water partition coefficient (Wildman–Crippen LogP) is 3.55. The number of carbonyl (C=O) groups excluding carboxylic acids is 2. The van der Waals surface area contributed by atoms with Gasteiger partial charge >= 0.3 is 22.1 Å². The molecular weight excluding hydrogens is 446 g/mol. The Hall–Kier alpha value is -2.91. The standard InChI is InChI=1S/C24H31NO7S/c1-16(2)30-21(26)15-20(25)22(23(27)31-24(3,4)5)17-11-13-18(14-12-17)32-33(28,29)19-9-7-6-8-10-19/h6-14,16,20,22H,15,25H2,1-5H3. The number of ether oxygens (including phenoxy) is 2. The number of hydrogen-bond donors (Lipinski definition) is 1. The van der Waals surface area contributed by atoms with E-state index in [0.717, 1.165) is 0 Å². The van der Waals surface area contributed by atoms with Gasteiger partial charge in [-0.15, -0.1) is 0 Å². The Labute approximate surface area is 195 Å². The third-order valence-corrected chi connectivity index (χ3v) is 5.60. The summed E-state index contributed by atoms with van der Waals surface area (Å²) in [6, 6.07) is 12.7. The molecular formula is C24H31NO7S. The van der Waals surface area contributed by atoms with Gasteiger partial charge in [0.05, 0.1) is 18.4 Å². The Balaban J connectivity index is 2.27. The molecule has 0 saturated carbocycles. The lowest BCUT2D eigenvalue weighted by atomic mass is 9.89. The Bertz CT molecular complexity index is 1040. The van der Waals surface area contributed by atoms with Crippen molar-refractivity contribution in [3.05, 3.63) is 60.2 Å². The van der Waals surface area contributed by atoms with Crippen molar-refractivity contribution in [1.29, 1.82) is 0 Å². The van der Waals surface area contributed by atoms with Crippen LogP contribution < -0.4 is 9.92 Å². The van der Waals surface area contributed by atoms with Crippen LogP contribution in [0, 0.1) is 0 Å². The van der Waals surface area contributed by atoms with Crippen molar-refractivity contribution in [3.8, 4) is 5.75 Å². The van der Waals surface area contributed by atoms with E-state index >= 15 is 0 Å². The minimum atomic E-state index is -4.01. The molecule has 0 radical (unpaired) electrons. The molecule has 9 heteroatoms. The summed E-state index contributed by atoms with van der Waals surface area (Å²) in [6.45, 7) is 8.62. The van der Waals surface area contributed by atoms with Crippen LogP contribution in [-0.4, -0.2) is 38.1 Å². The molecule has 2 rings (SSSR count). The van der Waals surface area contributed by atoms with Crippen LogP contribution in [-0.2, 0) is 29.2 Å². The molecule has 0 amide bonds. The summed E-state index contributed by atoms with van der Waals surface area (Å²) in [4.78, 5) is 25.1. The van der Waals surface area contributed by atoms with Gasteiger partial charge in [0.1, 0.15) is 16.2 Å². The van der Waals surface area contributed by atoms with Gasteiger partial charge in [-0.25, -0.2) is 0 Å². The largest absolute Gasteiger partial charge is 0.463 e. The van der Waals surface area contributed by atoms with Crippen molar-refractivity contribution in [2.75, 3.05) is 0 Å². The van der Waals surface area contributed by atoms with E-state index in [1.807, 2.05) is 0 Å². The molecule has 180 valence electrons. The van der Waals surface area contributed by atoms with Gasteiger partial charge in [0, 0.05) is 6.04 Å². The van der Waals surface area contributed by atoms with E-state index in [2.05, 4.69) is 0 Å². The second-order valence-electron chi connectivity index (χ2n) is 8.84. The average Bonchev–Trinajstić information content (AvgIpc) is 2.68. The molecule has 0 bridgehead atoms. The quantitative estimate of drug-likeness (QED) is 0.430. The van der Waals surface area contributed by atoms with E-state index < -0.39 is 39.6 Å². The van der Waals surface area contributed by atoms with Crippen LogP contribution in [0.5, 0.6) is 5.75 Å². The zero-order valence-corrected chi connectivity index (χ0v) is 20.3. The summed E-state index contributed by atoms with van der Waals surface area (Å²) in [6.07, 6.45) is -0.504. The first-order valence-electron chi connectivity index (χ1n) is 10.6. The first kappa shape index (κ1) is 26.3. The molecule has 2 aromatic carbocycles. The van der Waals surface area contributed by atoms with Crippen LogP contribution in [0.4, 0.5) is 0 Å². The third kappa shape index (κ3) is 8.18. The van der Waals surface area contributed by atoms with Crippen molar-refractivity contribution < 1.29 is 31.7 Å². The maximum atomic E-state index is 12.9. The van der Waals surface area contributed by atoms with Gasteiger partial charge < -0.3 is 19.4 Å². The van der Waals surface area contributed by atoms with E-state index in [1.54, 1.807) is 52.8 Å². The van der Waals surface area contributed by atoms with Crippen molar-refractivity contribution in [3.63, 3.8) is 0 Å². The van der Waals surface area contributed by atoms with E-state index in [9.17, 15) is 18.0 Å². The highest BCUT2D eigenvalue weighted by Gasteiger charge is 2.33. The Morgan fingerprint density at radius 3 is 2.06 bits per heavy atom. The monoisotopic (exact) mass is 477 g/mol. The van der Waals surface area contributed by atoms with Crippen LogP contribution in [0.3, 0.4) is 0 Å². The third-order valence-electron chi connectivity index (χ3n) is 4.34. The average molecular weight is 478 g/mol. The fourth-order valence-corrected chi connectivity index (χ4v) is 3.99. The second-order valence-corrected chi connectivity index (χ2v) is 10.4. The molecule has 0 saturated heterocycles. The molecule has 2 unspecified atom stereocenters. The second kappa shape index (κ2) is 10.8. The van der Waals surface area contributed by atoms with Gasteiger partial charge in [0.2, 0.25) is 0 Å². The molecule has 0 aliphatic heterocycles. The molecule has 2 aromatic rings. The highest BCUT2D eigenvalue weighted by Crippen LogP contribution is 2.28. The summed E-state index contributed by atoms with van der Waals surface area (Å²) in [5, 5.41) is 0. The SMILES string of the molecule is CC(C)OC(=O)CC(N)C(C(=O)OC(C)(C)C)c1ccc(OS(=O)(=O)c2ccccc2)cc1. The van der Waals surface area contributed by atoms with Crippen molar-refractivity contribution >= 4 is 22.1 Å². The number of carbonyl (C=O) groups is 2. The van der Waals surface area contributed by atoms with Crippen molar-refractivity contribution in [2.24, 2.45) is 5.73 Å². The lowest BCUT2D eigenvalue weighted by Gasteiger charge is -2.27. The zero-order valence-electron chi connectivity index (χ0n) is 19.5. The van der Waals surface area contributed by atoms with E-state index in [4.69, 9.17) is 19.4 Å². The first-order chi connectivity index (χ1) is 15.3. The first-order valence-corrected chi connectivity index (χ1v) is 12.0. The molecule has 2 atom stereocenters. The molecule has 0 aromatic heterocycles. The molecule has 0 spiro atoms. The molecule has 0 fully saturated rings. The Morgan fingerprint density at radius 1 is 0.970 bits per heavy atom. The highest BCUT2D eigenvalue weighted by atomic mass is 32.2. The van der Waals surface area contributed by atoms with Crippen LogP contribution in [0.25, 0.3) is 0 Å². The maximum absolute atomic E-state index is 12.9. The Kier molecular flexibility index (Phi) is 8.63. The molecule has 2 N–H and O–H groups in total. The molecule has 8 nitrogen and oxygen atoms in total. The minimum absolute atomic E-state index is 0.0198. The van der Waals surface area contributed by atoms with Gasteiger partial charge in [0.25, 0.3) is 0 Å². The minimum Gasteiger partial charge on any atom is -0.463 e. The smallest absolute Gasteiger partial charge is 0.339 e. The summed E-state index contributed by atoms with van der Waals surface area (Å²) >= 11 is 0. The molecule has 33 heavy (non-hydrogen) atoms. The zero-order chi connectivity index (χ0) is 24.8. The maximum Gasteiger partial charge on any atom is 0.339 e. The fourth-order valence-electron chi connectivity index (χ4n) is 3.04. The van der Waals surface area contributed by atoms with Gasteiger partial charge in [-0.1, -0.05) is 30.3 Å². The Morgan fingerprint density at radius 2 is 1.55 bits per heavy atom. The van der Waals surface area contributed by atoms with Crippen LogP contribution >= 0.6 is 0 Å². The van der Waals surface area contributed by atoms with Crippen LogP contribution in [0.2, 0.25) is 0 Å². The number of nitrogens with two attached hydrogens (primary N) is 1. The highest BCUT2D eigenvalue weighted by molar-refractivity contribution is 7.87. The fraction of sp³-hybridized carbons (Fsp3) is 0.417. The predicted molar refractivity (Wildman–Crippen MR) is 123 cm³/mol. The van der Waals surface area contributed by atoms with Gasteiger partial charge in [-0.05, 0) is 64.4 Å². The summed E-state index contributed by atoms with van der Waals surface area (Å²) in [5.41, 5.74) is 5.93. The number of rotatable bonds is 9. The van der Waals surface area contributed by atoms with Crippen LogP contribution in [0.15, 0.2) is 59.5 Å². The van der Waals surface area contributed by atoms with Gasteiger partial charge in [0.15, 0.2) is 0 Å². The topological polar surface area (TPSA) is 122 Å². The molecule has 0 aliphatic rings. The van der Waals surface area contributed by atoms with Gasteiger partial charge in [-0.2, -0.15) is 8.42 Å². The van der Waals surface area contributed by atoms with E-state index in [-0.39, 0.29) is 23.2 Å². The van der Waals surface area contributed by atoms with Crippen molar-refractivity contribution in [2.45, 2.75) is 69.6 Å². The lowest BCUT2D eigenvalue weighted by molar-refractivity contribution is -0.157. The van der Waals surface area contributed by atoms with E-state index in [1.165, 1.54) is 36.4 Å². The normalized spacial score (nSPS) is 13.8. The van der Waals surface area contributed by atoms with Crippen LogP contribution in [0.1, 0.15) is 52.5 Å². The molecule has 0 heterocycles. The van der Waals surface area contributed by atoms with Crippen molar-refractivity contribution in [1.82, 2.24) is 0 Å². The summed E-state index contributed by atoms with van der Waals surface area (Å²) in [5.74, 6) is -2.03. The van der Waals surface area contributed by atoms with E-state index in [0.29, 0.717) is 5.56 Å². The number of hydrogen-bond acceptors (Lipinski definition) is 8. The number of esters is 2. The summed E-state index contributed by atoms with van der Waals surface area (Å²) in [7, 11) is -4.01. The van der Waals surface area contributed by atoms with Gasteiger partial charge in [-0.3, -0.25) is 9.59 Å².